The zero-order chi connectivity index (χ0) is 22.7. The molecule has 1 unspecified atom stereocenters. The molecule has 7 nitrogen and oxygen atoms in total. The smallest absolute Gasteiger partial charge is 0.251 e. The van der Waals surface area contributed by atoms with Crippen molar-refractivity contribution in [3.63, 3.8) is 0 Å². The number of aromatic nitrogens is 2. The third kappa shape index (κ3) is 4.61. The van der Waals surface area contributed by atoms with E-state index in [9.17, 15) is 13.2 Å². The molecule has 3 N–H and O–H groups in total. The Morgan fingerprint density at radius 2 is 1.69 bits per heavy atom. The second-order valence-electron chi connectivity index (χ2n) is 7.35. The van der Waals surface area contributed by atoms with Gasteiger partial charge in [-0.05, 0) is 48.9 Å². The molecule has 0 fully saturated rings. The van der Waals surface area contributed by atoms with Crippen molar-refractivity contribution in [2.75, 3.05) is 0 Å². The van der Waals surface area contributed by atoms with E-state index in [0.29, 0.717) is 5.56 Å². The van der Waals surface area contributed by atoms with Crippen molar-refractivity contribution in [3.8, 4) is 16.9 Å². The summed E-state index contributed by atoms with van der Waals surface area (Å²) in [5.74, 6) is -0.247. The highest BCUT2D eigenvalue weighted by molar-refractivity contribution is 7.89. The molecule has 4 aromatic rings. The van der Waals surface area contributed by atoms with E-state index in [4.69, 9.17) is 5.14 Å². The minimum Gasteiger partial charge on any atom is -0.346 e. The van der Waals surface area contributed by atoms with Crippen LogP contribution in [0.15, 0.2) is 96.0 Å². The first-order chi connectivity index (χ1) is 15.3. The van der Waals surface area contributed by atoms with Gasteiger partial charge in [0.05, 0.1) is 28.5 Å². The van der Waals surface area contributed by atoms with Crippen LogP contribution in [0.2, 0.25) is 0 Å². The molecule has 0 saturated heterocycles. The summed E-state index contributed by atoms with van der Waals surface area (Å²) in [5, 5.41) is 12.5. The zero-order valence-electron chi connectivity index (χ0n) is 17.3. The van der Waals surface area contributed by atoms with Gasteiger partial charge in [-0.1, -0.05) is 48.5 Å². The van der Waals surface area contributed by atoms with E-state index in [2.05, 4.69) is 10.4 Å². The number of nitrogens with two attached hydrogens (primary N) is 1. The maximum atomic E-state index is 12.9. The lowest BCUT2D eigenvalue weighted by molar-refractivity contribution is 0.0940. The third-order valence-corrected chi connectivity index (χ3v) is 6.05. The largest absolute Gasteiger partial charge is 0.346 e. The van der Waals surface area contributed by atoms with Crippen LogP contribution in [0.25, 0.3) is 16.9 Å². The average Bonchev–Trinajstić information content (AvgIpc) is 3.29. The topological polar surface area (TPSA) is 107 Å². The fraction of sp³-hybridized carbons (Fsp3) is 0.0833. The number of rotatable bonds is 6. The van der Waals surface area contributed by atoms with Crippen LogP contribution in [-0.4, -0.2) is 24.1 Å². The number of carbonyl (C=O) groups excluding carboxylic acids is 1. The predicted molar refractivity (Wildman–Crippen MR) is 123 cm³/mol. The first kappa shape index (κ1) is 21.5. The van der Waals surface area contributed by atoms with Gasteiger partial charge < -0.3 is 5.32 Å². The van der Waals surface area contributed by atoms with Gasteiger partial charge in [0.2, 0.25) is 10.0 Å². The Bertz CT molecular complexity index is 1350. The van der Waals surface area contributed by atoms with Crippen LogP contribution in [0.4, 0.5) is 0 Å². The highest BCUT2D eigenvalue weighted by atomic mass is 32.2. The van der Waals surface area contributed by atoms with Crippen LogP contribution in [0.1, 0.15) is 28.9 Å². The Morgan fingerprint density at radius 3 is 2.38 bits per heavy atom. The molecular formula is C24H22N4O3S. The number of nitrogens with one attached hydrogen (secondary N) is 1. The number of hydrogen-bond donors (Lipinski definition) is 2. The number of primary sulfonamides is 1. The monoisotopic (exact) mass is 446 g/mol. The molecule has 8 heteroatoms. The maximum absolute atomic E-state index is 12.9. The van der Waals surface area contributed by atoms with Gasteiger partial charge in [0.1, 0.15) is 0 Å². The molecular weight excluding hydrogens is 424 g/mol. The second-order valence-corrected chi connectivity index (χ2v) is 8.92. The van der Waals surface area contributed by atoms with Crippen LogP contribution < -0.4 is 10.5 Å². The van der Waals surface area contributed by atoms with E-state index < -0.39 is 10.0 Å². The van der Waals surface area contributed by atoms with Crippen LogP contribution in [0.3, 0.4) is 0 Å². The summed E-state index contributed by atoms with van der Waals surface area (Å²) in [7, 11) is -3.76. The summed E-state index contributed by atoms with van der Waals surface area (Å²) in [6.07, 6.45) is 1.72. The molecule has 1 aromatic heterocycles. The Labute approximate surface area is 186 Å². The molecule has 0 aliphatic heterocycles. The molecule has 1 amide bonds. The van der Waals surface area contributed by atoms with Gasteiger partial charge in [-0.2, -0.15) is 5.10 Å². The molecule has 0 saturated carbocycles. The second kappa shape index (κ2) is 8.78. The SMILES string of the molecule is CC(NC(=O)c1cccc(-n2nccc2-c2ccccc2)c1)c1ccc(S(N)(=O)=O)cc1. The standard InChI is InChI=1S/C24H22N4O3S/c1-17(18-10-12-22(13-11-18)32(25,30)31)27-24(29)20-8-5-9-21(16-20)28-23(14-15-26-28)19-6-3-2-4-7-19/h2-17H,1H3,(H,27,29)(H2,25,30,31). The molecule has 1 heterocycles. The van der Waals surface area contributed by atoms with Crippen molar-refractivity contribution in [1.82, 2.24) is 15.1 Å². The van der Waals surface area contributed by atoms with Crippen LogP contribution in [0.5, 0.6) is 0 Å². The van der Waals surface area contributed by atoms with E-state index >= 15 is 0 Å². The van der Waals surface area contributed by atoms with Crippen molar-refractivity contribution in [1.29, 1.82) is 0 Å². The molecule has 0 radical (unpaired) electrons. The summed E-state index contributed by atoms with van der Waals surface area (Å²) in [6.45, 7) is 1.83. The molecule has 4 rings (SSSR count). The molecule has 1 atom stereocenters. The normalized spacial score (nSPS) is 12.3. The quantitative estimate of drug-likeness (QED) is 0.471. The van der Waals surface area contributed by atoms with Gasteiger partial charge in [-0.15, -0.1) is 0 Å². The van der Waals surface area contributed by atoms with E-state index in [1.165, 1.54) is 12.1 Å². The van der Waals surface area contributed by atoms with E-state index in [1.54, 1.807) is 35.1 Å². The summed E-state index contributed by atoms with van der Waals surface area (Å²) in [6, 6.07) is 24.9. The summed E-state index contributed by atoms with van der Waals surface area (Å²) in [5.41, 5.74) is 3.97. The Kier molecular flexibility index (Phi) is 5.89. The van der Waals surface area contributed by atoms with Gasteiger partial charge in [0, 0.05) is 11.1 Å². The highest BCUT2D eigenvalue weighted by Crippen LogP contribution is 2.23. The molecule has 0 spiro atoms. The summed E-state index contributed by atoms with van der Waals surface area (Å²) >= 11 is 0. The van der Waals surface area contributed by atoms with Crippen molar-refractivity contribution in [3.05, 3.63) is 102 Å². The van der Waals surface area contributed by atoms with Crippen LogP contribution in [0, 0.1) is 0 Å². The first-order valence-corrected chi connectivity index (χ1v) is 11.5. The number of carbonyl (C=O) groups is 1. The third-order valence-electron chi connectivity index (χ3n) is 5.12. The molecule has 3 aromatic carbocycles. The lowest BCUT2D eigenvalue weighted by atomic mass is 10.1. The van der Waals surface area contributed by atoms with Gasteiger partial charge >= 0.3 is 0 Å². The lowest BCUT2D eigenvalue weighted by Crippen LogP contribution is -2.26. The first-order valence-electron chi connectivity index (χ1n) is 9.96. The van der Waals surface area contributed by atoms with Crippen LogP contribution >= 0.6 is 0 Å². The molecule has 0 aliphatic rings. The number of hydrogen-bond acceptors (Lipinski definition) is 4. The van der Waals surface area contributed by atoms with Crippen molar-refractivity contribution >= 4 is 15.9 Å². The Balaban J connectivity index is 1.54. The number of amides is 1. The summed E-state index contributed by atoms with van der Waals surface area (Å²) < 4.78 is 24.6. The number of benzene rings is 3. The minimum absolute atomic E-state index is 0.0286. The van der Waals surface area contributed by atoms with Gasteiger partial charge in [0.25, 0.3) is 5.91 Å². The lowest BCUT2D eigenvalue weighted by Gasteiger charge is -2.15. The number of nitrogens with zero attached hydrogens (tertiary/aromatic N) is 2. The van der Waals surface area contributed by atoms with E-state index in [0.717, 1.165) is 22.5 Å². The fourth-order valence-electron chi connectivity index (χ4n) is 3.42. The van der Waals surface area contributed by atoms with Crippen molar-refractivity contribution in [2.24, 2.45) is 5.14 Å². The highest BCUT2D eigenvalue weighted by Gasteiger charge is 2.15. The molecule has 32 heavy (non-hydrogen) atoms. The predicted octanol–water partition coefficient (Wildman–Crippen LogP) is 3.68. The van der Waals surface area contributed by atoms with Gasteiger partial charge in [0.15, 0.2) is 0 Å². The van der Waals surface area contributed by atoms with Gasteiger partial charge in [-0.25, -0.2) is 18.2 Å². The molecule has 0 aliphatic carbocycles. The van der Waals surface area contributed by atoms with E-state index in [-0.39, 0.29) is 16.8 Å². The Morgan fingerprint density at radius 1 is 0.969 bits per heavy atom. The van der Waals surface area contributed by atoms with Gasteiger partial charge in [-0.3, -0.25) is 4.79 Å². The zero-order valence-corrected chi connectivity index (χ0v) is 18.2. The van der Waals surface area contributed by atoms with Crippen molar-refractivity contribution in [2.45, 2.75) is 17.9 Å². The average molecular weight is 447 g/mol. The van der Waals surface area contributed by atoms with Crippen LogP contribution in [-0.2, 0) is 10.0 Å². The van der Waals surface area contributed by atoms with Crippen molar-refractivity contribution < 1.29 is 13.2 Å². The fourth-order valence-corrected chi connectivity index (χ4v) is 3.94. The maximum Gasteiger partial charge on any atom is 0.251 e. The minimum atomic E-state index is -3.76. The molecule has 0 bridgehead atoms. The van der Waals surface area contributed by atoms with E-state index in [1.807, 2.05) is 55.5 Å². The molecule has 162 valence electrons. The summed E-state index contributed by atoms with van der Waals surface area (Å²) in [4.78, 5) is 12.9. The number of sulfonamides is 1. The Hall–Kier alpha value is -3.75.